The molecule has 1 fully saturated rings. The van der Waals surface area contributed by atoms with Crippen LogP contribution >= 0.6 is 0 Å². The molecule has 2 amide bonds. The first-order valence-electron chi connectivity index (χ1n) is 8.75. The van der Waals surface area contributed by atoms with E-state index in [9.17, 15) is 18.4 Å². The normalized spacial score (nSPS) is 14.9. The number of amides is 2. The molecule has 7 heteroatoms. The predicted molar refractivity (Wildman–Crippen MR) is 98.5 cm³/mol. The summed E-state index contributed by atoms with van der Waals surface area (Å²) in [5.41, 5.74) is 1.38. The van der Waals surface area contributed by atoms with E-state index in [-0.39, 0.29) is 24.2 Å². The van der Waals surface area contributed by atoms with E-state index >= 15 is 0 Å². The molecule has 27 heavy (non-hydrogen) atoms. The summed E-state index contributed by atoms with van der Waals surface area (Å²) in [6.07, 6.45) is 0. The van der Waals surface area contributed by atoms with Gasteiger partial charge in [0.25, 0.3) is 5.91 Å². The van der Waals surface area contributed by atoms with Crippen LogP contribution in [0, 0.1) is 18.6 Å². The highest BCUT2D eigenvalue weighted by Crippen LogP contribution is 2.14. The van der Waals surface area contributed by atoms with Gasteiger partial charge in [0, 0.05) is 37.4 Å². The van der Waals surface area contributed by atoms with E-state index in [1.807, 2.05) is 4.90 Å². The van der Waals surface area contributed by atoms with Crippen LogP contribution in [0.4, 0.5) is 14.5 Å². The summed E-state index contributed by atoms with van der Waals surface area (Å²) in [5.74, 6) is -1.15. The maximum absolute atomic E-state index is 13.7. The van der Waals surface area contributed by atoms with Crippen LogP contribution in [0.5, 0.6) is 0 Å². The molecule has 1 saturated heterocycles. The molecule has 1 aliphatic heterocycles. The fraction of sp³-hybridized carbons (Fsp3) is 0.300. The summed E-state index contributed by atoms with van der Waals surface area (Å²) in [7, 11) is 0. The Labute approximate surface area is 156 Å². The lowest BCUT2D eigenvalue weighted by molar-refractivity contribution is -0.117. The fourth-order valence-electron chi connectivity index (χ4n) is 2.95. The number of carbonyl (C=O) groups is 2. The largest absolute Gasteiger partial charge is 0.336 e. The summed E-state index contributed by atoms with van der Waals surface area (Å²) < 4.78 is 26.6. The molecule has 1 aliphatic rings. The van der Waals surface area contributed by atoms with E-state index in [1.165, 1.54) is 30.3 Å². The van der Waals surface area contributed by atoms with Crippen LogP contribution in [-0.4, -0.2) is 54.3 Å². The van der Waals surface area contributed by atoms with Crippen molar-refractivity contribution in [3.63, 3.8) is 0 Å². The summed E-state index contributed by atoms with van der Waals surface area (Å²) in [4.78, 5) is 28.2. The van der Waals surface area contributed by atoms with E-state index in [1.54, 1.807) is 24.0 Å². The molecule has 1 N–H and O–H groups in total. The third-order valence-corrected chi connectivity index (χ3v) is 4.57. The molecular weight excluding hydrogens is 352 g/mol. The van der Waals surface area contributed by atoms with Crippen LogP contribution in [-0.2, 0) is 4.79 Å². The number of rotatable bonds is 4. The van der Waals surface area contributed by atoms with Crippen molar-refractivity contribution in [1.82, 2.24) is 9.80 Å². The average molecular weight is 373 g/mol. The molecule has 5 nitrogen and oxygen atoms in total. The molecule has 1 heterocycles. The van der Waals surface area contributed by atoms with Gasteiger partial charge in [0.15, 0.2) is 0 Å². The van der Waals surface area contributed by atoms with E-state index < -0.39 is 5.82 Å². The summed E-state index contributed by atoms with van der Waals surface area (Å²) in [6.45, 7) is 3.89. The van der Waals surface area contributed by atoms with Gasteiger partial charge in [-0.1, -0.05) is 6.07 Å². The smallest absolute Gasteiger partial charge is 0.254 e. The topological polar surface area (TPSA) is 52.7 Å². The molecule has 0 spiro atoms. The number of hydrogen-bond acceptors (Lipinski definition) is 3. The van der Waals surface area contributed by atoms with Gasteiger partial charge >= 0.3 is 0 Å². The van der Waals surface area contributed by atoms with E-state index in [0.29, 0.717) is 43.0 Å². The van der Waals surface area contributed by atoms with E-state index in [2.05, 4.69) is 5.32 Å². The van der Waals surface area contributed by atoms with Gasteiger partial charge in [-0.3, -0.25) is 14.5 Å². The SMILES string of the molecule is Cc1ccc(C(=O)N2CCN(CC(=O)Nc3ccc(F)cc3)CC2)cc1F. The number of anilines is 1. The number of nitrogens with one attached hydrogen (secondary N) is 1. The molecule has 142 valence electrons. The second-order valence-electron chi connectivity index (χ2n) is 6.59. The lowest BCUT2D eigenvalue weighted by Crippen LogP contribution is -2.50. The first-order valence-corrected chi connectivity index (χ1v) is 8.75. The highest BCUT2D eigenvalue weighted by molar-refractivity contribution is 5.94. The molecule has 0 bridgehead atoms. The van der Waals surface area contributed by atoms with Gasteiger partial charge in [0.2, 0.25) is 5.91 Å². The molecule has 2 aromatic rings. The van der Waals surface area contributed by atoms with Gasteiger partial charge in [0.05, 0.1) is 6.54 Å². The van der Waals surface area contributed by atoms with Crippen molar-refractivity contribution < 1.29 is 18.4 Å². The van der Waals surface area contributed by atoms with Crippen LogP contribution in [0.1, 0.15) is 15.9 Å². The number of benzene rings is 2. The molecule has 0 atom stereocenters. The van der Waals surface area contributed by atoms with Crippen molar-refractivity contribution in [3.05, 3.63) is 65.2 Å². The Kier molecular flexibility index (Phi) is 5.81. The van der Waals surface area contributed by atoms with Crippen LogP contribution < -0.4 is 5.32 Å². The fourth-order valence-corrected chi connectivity index (χ4v) is 2.95. The van der Waals surface area contributed by atoms with Gasteiger partial charge in [0.1, 0.15) is 11.6 Å². The van der Waals surface area contributed by atoms with Crippen molar-refractivity contribution >= 4 is 17.5 Å². The van der Waals surface area contributed by atoms with Gasteiger partial charge < -0.3 is 10.2 Å². The highest BCUT2D eigenvalue weighted by atomic mass is 19.1. The zero-order valence-electron chi connectivity index (χ0n) is 15.0. The maximum atomic E-state index is 13.7. The van der Waals surface area contributed by atoms with Crippen molar-refractivity contribution in [3.8, 4) is 0 Å². The van der Waals surface area contributed by atoms with Gasteiger partial charge in [-0.2, -0.15) is 0 Å². The maximum Gasteiger partial charge on any atom is 0.254 e. The number of nitrogens with zero attached hydrogens (tertiary/aromatic N) is 2. The number of halogens is 2. The van der Waals surface area contributed by atoms with Crippen LogP contribution in [0.25, 0.3) is 0 Å². The van der Waals surface area contributed by atoms with Gasteiger partial charge in [-0.05, 0) is 48.9 Å². The molecule has 0 saturated carbocycles. The summed E-state index contributed by atoms with van der Waals surface area (Å²) in [6, 6.07) is 10.1. The van der Waals surface area contributed by atoms with Crippen molar-refractivity contribution in [1.29, 1.82) is 0 Å². The second-order valence-corrected chi connectivity index (χ2v) is 6.59. The zero-order chi connectivity index (χ0) is 19.4. The predicted octanol–water partition coefficient (Wildman–Crippen LogP) is 2.67. The number of piperazine rings is 1. The quantitative estimate of drug-likeness (QED) is 0.897. The zero-order valence-corrected chi connectivity index (χ0v) is 15.0. The van der Waals surface area contributed by atoms with Crippen LogP contribution in [0.3, 0.4) is 0 Å². The highest BCUT2D eigenvalue weighted by Gasteiger charge is 2.23. The Morgan fingerprint density at radius 3 is 2.30 bits per heavy atom. The van der Waals surface area contributed by atoms with E-state index in [0.717, 1.165) is 0 Å². The minimum atomic E-state index is -0.392. The monoisotopic (exact) mass is 373 g/mol. The molecule has 3 rings (SSSR count). The first-order chi connectivity index (χ1) is 12.9. The van der Waals surface area contributed by atoms with Crippen LogP contribution in [0.15, 0.2) is 42.5 Å². The Bertz CT molecular complexity index is 832. The molecule has 0 unspecified atom stereocenters. The minimum absolute atomic E-state index is 0.193. The Hall–Kier alpha value is -2.80. The van der Waals surface area contributed by atoms with Gasteiger partial charge in [-0.15, -0.1) is 0 Å². The van der Waals surface area contributed by atoms with E-state index in [4.69, 9.17) is 0 Å². The Balaban J connectivity index is 1.49. The number of aryl methyl sites for hydroxylation is 1. The molecule has 0 aromatic heterocycles. The molecule has 0 radical (unpaired) electrons. The number of hydrogen-bond donors (Lipinski definition) is 1. The molecular formula is C20H21F2N3O2. The third kappa shape index (κ3) is 4.89. The van der Waals surface area contributed by atoms with Crippen molar-refractivity contribution in [2.24, 2.45) is 0 Å². The second kappa shape index (κ2) is 8.26. The Morgan fingerprint density at radius 1 is 1.00 bits per heavy atom. The average Bonchev–Trinajstić information content (AvgIpc) is 2.66. The molecule has 2 aromatic carbocycles. The minimum Gasteiger partial charge on any atom is -0.336 e. The summed E-state index contributed by atoms with van der Waals surface area (Å²) in [5, 5.41) is 2.72. The van der Waals surface area contributed by atoms with Crippen molar-refractivity contribution in [2.45, 2.75) is 6.92 Å². The number of carbonyl (C=O) groups excluding carboxylic acids is 2. The lowest BCUT2D eigenvalue weighted by Gasteiger charge is -2.34. The summed E-state index contributed by atoms with van der Waals surface area (Å²) >= 11 is 0. The Morgan fingerprint density at radius 2 is 1.67 bits per heavy atom. The first kappa shape index (κ1) is 19.0. The third-order valence-electron chi connectivity index (χ3n) is 4.57. The molecule has 0 aliphatic carbocycles. The van der Waals surface area contributed by atoms with Gasteiger partial charge in [-0.25, -0.2) is 8.78 Å². The lowest BCUT2D eigenvalue weighted by atomic mass is 10.1. The van der Waals surface area contributed by atoms with Crippen LogP contribution in [0.2, 0.25) is 0 Å². The van der Waals surface area contributed by atoms with Crippen molar-refractivity contribution in [2.75, 3.05) is 38.0 Å². The standard InChI is InChI=1S/C20H21F2N3O2/c1-14-2-3-15(12-18(14)22)20(27)25-10-8-24(9-11-25)13-19(26)23-17-6-4-16(21)5-7-17/h2-7,12H,8-11,13H2,1H3,(H,23,26).